The maximum atomic E-state index is 13.4. The topological polar surface area (TPSA) is 67.4 Å². The zero-order chi connectivity index (χ0) is 20.6. The average Bonchev–Trinajstić information content (AvgIpc) is 2.97. The second-order valence-corrected chi connectivity index (χ2v) is 7.22. The lowest BCUT2D eigenvalue weighted by Gasteiger charge is -2.31. The summed E-state index contributed by atoms with van der Waals surface area (Å²) in [5.41, 5.74) is -1.87. The van der Waals surface area contributed by atoms with Gasteiger partial charge < -0.3 is 10.1 Å². The molecule has 3 heterocycles. The SMILES string of the molecule is Cl.O=C1N(c2nc(Oc3cccc(F)c3)cc(C(F)(F)F)n2)CCC12CCCNC2. The van der Waals surface area contributed by atoms with Crippen LogP contribution < -0.4 is 15.0 Å². The molecule has 30 heavy (non-hydrogen) atoms. The summed E-state index contributed by atoms with van der Waals surface area (Å²) in [6.07, 6.45) is -2.76. The number of nitrogens with zero attached hydrogens (tertiary/aromatic N) is 3. The van der Waals surface area contributed by atoms with Crippen molar-refractivity contribution in [2.45, 2.75) is 25.4 Å². The summed E-state index contributed by atoms with van der Waals surface area (Å²) in [7, 11) is 0. The number of piperidine rings is 1. The molecule has 2 aliphatic rings. The molecule has 0 bridgehead atoms. The van der Waals surface area contributed by atoms with E-state index in [1.807, 2.05) is 0 Å². The summed E-state index contributed by atoms with van der Waals surface area (Å²) < 4.78 is 58.8. The highest BCUT2D eigenvalue weighted by molar-refractivity contribution is 5.98. The Morgan fingerprint density at radius 3 is 2.63 bits per heavy atom. The van der Waals surface area contributed by atoms with Crippen molar-refractivity contribution >= 4 is 24.3 Å². The van der Waals surface area contributed by atoms with Crippen LogP contribution >= 0.6 is 12.4 Å². The number of ether oxygens (including phenoxy) is 1. The number of alkyl halides is 3. The monoisotopic (exact) mass is 446 g/mol. The van der Waals surface area contributed by atoms with E-state index in [-0.39, 0.29) is 36.6 Å². The predicted octanol–water partition coefficient (Wildman–Crippen LogP) is 3.96. The molecule has 0 radical (unpaired) electrons. The molecule has 1 N–H and O–H groups in total. The van der Waals surface area contributed by atoms with Crippen molar-refractivity contribution in [2.75, 3.05) is 24.5 Å². The third-order valence-corrected chi connectivity index (χ3v) is 5.23. The zero-order valence-corrected chi connectivity index (χ0v) is 16.5. The van der Waals surface area contributed by atoms with Crippen LogP contribution in [0.25, 0.3) is 0 Å². The van der Waals surface area contributed by atoms with Gasteiger partial charge in [-0.15, -0.1) is 12.4 Å². The van der Waals surface area contributed by atoms with Crippen LogP contribution in [0.3, 0.4) is 0 Å². The van der Waals surface area contributed by atoms with Crippen molar-refractivity contribution in [3.8, 4) is 11.6 Å². The first-order valence-electron chi connectivity index (χ1n) is 9.19. The van der Waals surface area contributed by atoms with E-state index in [0.29, 0.717) is 25.5 Å². The van der Waals surface area contributed by atoms with E-state index in [4.69, 9.17) is 4.74 Å². The maximum absolute atomic E-state index is 13.4. The predicted molar refractivity (Wildman–Crippen MR) is 102 cm³/mol. The van der Waals surface area contributed by atoms with Crippen molar-refractivity contribution in [3.05, 3.63) is 41.8 Å². The van der Waals surface area contributed by atoms with Crippen molar-refractivity contribution in [2.24, 2.45) is 5.41 Å². The smallest absolute Gasteiger partial charge is 0.433 e. The van der Waals surface area contributed by atoms with Gasteiger partial charge in [0, 0.05) is 25.2 Å². The van der Waals surface area contributed by atoms with Gasteiger partial charge in [-0.05, 0) is 37.9 Å². The van der Waals surface area contributed by atoms with E-state index in [2.05, 4.69) is 15.3 Å². The number of benzene rings is 1. The van der Waals surface area contributed by atoms with E-state index in [1.54, 1.807) is 0 Å². The Hall–Kier alpha value is -2.46. The minimum Gasteiger partial charge on any atom is -0.439 e. The lowest BCUT2D eigenvalue weighted by atomic mass is 9.79. The number of anilines is 1. The Kier molecular flexibility index (Phi) is 6.19. The molecule has 2 fully saturated rings. The number of rotatable bonds is 3. The summed E-state index contributed by atoms with van der Waals surface area (Å²) in [5, 5.41) is 3.18. The highest BCUT2D eigenvalue weighted by Gasteiger charge is 2.48. The van der Waals surface area contributed by atoms with E-state index in [0.717, 1.165) is 19.0 Å². The second-order valence-electron chi connectivity index (χ2n) is 7.22. The summed E-state index contributed by atoms with van der Waals surface area (Å²) in [5.74, 6) is -1.68. The number of hydrogen-bond donors (Lipinski definition) is 1. The molecular formula is C19H19ClF4N4O2. The van der Waals surface area contributed by atoms with E-state index in [1.165, 1.54) is 23.1 Å². The molecule has 162 valence electrons. The van der Waals surface area contributed by atoms with Gasteiger partial charge in [-0.1, -0.05) is 6.07 Å². The number of nitrogens with one attached hydrogen (secondary N) is 1. The summed E-state index contributed by atoms with van der Waals surface area (Å²) in [6, 6.07) is 5.59. The largest absolute Gasteiger partial charge is 0.439 e. The number of aromatic nitrogens is 2. The normalized spacial score (nSPS) is 21.6. The summed E-state index contributed by atoms with van der Waals surface area (Å²) >= 11 is 0. The first-order valence-corrected chi connectivity index (χ1v) is 9.19. The van der Waals surface area contributed by atoms with E-state index < -0.39 is 29.0 Å². The van der Waals surface area contributed by atoms with Gasteiger partial charge in [0.2, 0.25) is 17.7 Å². The van der Waals surface area contributed by atoms with E-state index >= 15 is 0 Å². The lowest BCUT2D eigenvalue weighted by Crippen LogP contribution is -2.46. The molecule has 1 amide bonds. The highest BCUT2D eigenvalue weighted by Crippen LogP contribution is 2.40. The Morgan fingerprint density at radius 1 is 1.17 bits per heavy atom. The van der Waals surface area contributed by atoms with Crippen LogP contribution in [0.5, 0.6) is 11.6 Å². The second kappa shape index (κ2) is 8.35. The van der Waals surface area contributed by atoms with Crippen molar-refractivity contribution < 1.29 is 27.1 Å². The van der Waals surface area contributed by atoms with Gasteiger partial charge in [0.05, 0.1) is 5.41 Å². The minimum absolute atomic E-state index is 0. The Morgan fingerprint density at radius 2 is 1.97 bits per heavy atom. The van der Waals surface area contributed by atoms with Crippen LogP contribution in [0.2, 0.25) is 0 Å². The van der Waals surface area contributed by atoms with Gasteiger partial charge in [0.25, 0.3) is 0 Å². The molecule has 1 spiro atoms. The molecule has 1 aromatic heterocycles. The lowest BCUT2D eigenvalue weighted by molar-refractivity contribution is -0.141. The molecule has 4 rings (SSSR count). The Bertz CT molecular complexity index is 935. The fourth-order valence-corrected chi connectivity index (χ4v) is 3.76. The van der Waals surface area contributed by atoms with Gasteiger partial charge in [0.1, 0.15) is 11.6 Å². The fraction of sp³-hybridized carbons (Fsp3) is 0.421. The number of amides is 1. The minimum atomic E-state index is -4.76. The average molecular weight is 447 g/mol. The molecule has 2 aromatic rings. The zero-order valence-electron chi connectivity index (χ0n) is 15.7. The number of carbonyl (C=O) groups excluding carboxylic acids is 1. The summed E-state index contributed by atoms with van der Waals surface area (Å²) in [6.45, 7) is 1.51. The van der Waals surface area contributed by atoms with Crippen LogP contribution in [0.1, 0.15) is 25.0 Å². The van der Waals surface area contributed by atoms with E-state index in [9.17, 15) is 22.4 Å². The van der Waals surface area contributed by atoms with Crippen molar-refractivity contribution in [1.29, 1.82) is 0 Å². The first kappa shape index (κ1) is 22.2. The third-order valence-electron chi connectivity index (χ3n) is 5.23. The van der Waals surface area contributed by atoms with Gasteiger partial charge in [-0.2, -0.15) is 18.2 Å². The van der Waals surface area contributed by atoms with Crippen molar-refractivity contribution in [1.82, 2.24) is 15.3 Å². The Labute approximate surface area is 176 Å². The number of halogens is 5. The maximum Gasteiger partial charge on any atom is 0.433 e. The molecule has 1 atom stereocenters. The molecule has 2 aliphatic heterocycles. The van der Waals surface area contributed by atoms with Gasteiger partial charge in [-0.3, -0.25) is 9.69 Å². The van der Waals surface area contributed by atoms with Crippen molar-refractivity contribution in [3.63, 3.8) is 0 Å². The molecule has 0 saturated carbocycles. The molecular weight excluding hydrogens is 428 g/mol. The summed E-state index contributed by atoms with van der Waals surface area (Å²) in [4.78, 5) is 21.8. The molecule has 1 aromatic carbocycles. The molecule has 11 heteroatoms. The number of carbonyl (C=O) groups is 1. The molecule has 0 aliphatic carbocycles. The molecule has 6 nitrogen and oxygen atoms in total. The van der Waals surface area contributed by atoms with Crippen LogP contribution in [-0.4, -0.2) is 35.5 Å². The molecule has 2 saturated heterocycles. The van der Waals surface area contributed by atoms with Crippen LogP contribution in [0.4, 0.5) is 23.5 Å². The van der Waals surface area contributed by atoms with Gasteiger partial charge >= 0.3 is 6.18 Å². The first-order chi connectivity index (χ1) is 13.8. The molecule has 1 unspecified atom stereocenters. The van der Waals surface area contributed by atoms with Crippen LogP contribution in [-0.2, 0) is 11.0 Å². The standard InChI is InChI=1S/C19H18F4N4O2.ClH/c20-12-3-1-4-13(9-12)29-15-10-14(19(21,22)23)25-17(26-15)27-8-6-18(16(27)28)5-2-7-24-11-18;/h1,3-4,9-10,24H,2,5-8,11H2;1H. The van der Waals surface area contributed by atoms with Gasteiger partial charge in [-0.25, -0.2) is 9.37 Å². The quantitative estimate of drug-likeness (QED) is 0.723. The Balaban J connectivity index is 0.00000256. The van der Waals surface area contributed by atoms with Crippen LogP contribution in [0, 0.1) is 11.2 Å². The van der Waals surface area contributed by atoms with Gasteiger partial charge in [0.15, 0.2) is 5.69 Å². The third kappa shape index (κ3) is 4.34. The fourth-order valence-electron chi connectivity index (χ4n) is 3.76. The highest BCUT2D eigenvalue weighted by atomic mass is 35.5. The van der Waals surface area contributed by atoms with Crippen LogP contribution in [0.15, 0.2) is 30.3 Å². The number of hydrogen-bond acceptors (Lipinski definition) is 5.